The third-order valence-electron chi connectivity index (χ3n) is 2.49. The predicted molar refractivity (Wildman–Crippen MR) is 48.8 cm³/mol. The molecule has 3 heteroatoms. The lowest BCUT2D eigenvalue weighted by Gasteiger charge is -1.98. The zero-order valence-corrected chi connectivity index (χ0v) is 7.14. The minimum Gasteiger partial charge on any atom is -0.508 e. The van der Waals surface area contributed by atoms with Crippen molar-refractivity contribution in [3.05, 3.63) is 30.4 Å². The summed E-state index contributed by atoms with van der Waals surface area (Å²) in [4.78, 5) is 4.35. The third-order valence-corrected chi connectivity index (χ3v) is 2.49. The molecule has 1 aliphatic rings. The molecule has 0 unspecified atom stereocenters. The standard InChI is InChI=1S/C10H10N2O/c13-9-3-4-12-8(5-9)6-11-10(12)7-1-2-7/h3-7,13H,1-2H2. The maximum atomic E-state index is 9.25. The Labute approximate surface area is 75.7 Å². The van der Waals surface area contributed by atoms with E-state index in [1.165, 1.54) is 12.8 Å². The smallest absolute Gasteiger partial charge is 0.119 e. The van der Waals surface area contributed by atoms with Gasteiger partial charge in [-0.15, -0.1) is 0 Å². The van der Waals surface area contributed by atoms with Gasteiger partial charge in [-0.25, -0.2) is 4.98 Å². The van der Waals surface area contributed by atoms with Gasteiger partial charge in [-0.2, -0.15) is 0 Å². The second-order valence-corrected chi connectivity index (χ2v) is 3.57. The normalized spacial score (nSPS) is 16.6. The number of pyridine rings is 1. The van der Waals surface area contributed by atoms with Crippen molar-refractivity contribution in [1.29, 1.82) is 0 Å². The van der Waals surface area contributed by atoms with E-state index in [0.717, 1.165) is 11.3 Å². The van der Waals surface area contributed by atoms with Gasteiger partial charge in [-0.3, -0.25) is 0 Å². The number of nitrogens with zero attached hydrogens (tertiary/aromatic N) is 2. The van der Waals surface area contributed by atoms with E-state index in [0.29, 0.717) is 11.7 Å². The second-order valence-electron chi connectivity index (χ2n) is 3.57. The Kier molecular flexibility index (Phi) is 1.20. The maximum absolute atomic E-state index is 9.25. The second kappa shape index (κ2) is 2.25. The number of imidazole rings is 1. The average molecular weight is 174 g/mol. The van der Waals surface area contributed by atoms with Gasteiger partial charge in [0.2, 0.25) is 0 Å². The van der Waals surface area contributed by atoms with Crippen LogP contribution in [0.2, 0.25) is 0 Å². The number of rotatable bonds is 1. The van der Waals surface area contributed by atoms with Crippen molar-refractivity contribution in [2.45, 2.75) is 18.8 Å². The largest absolute Gasteiger partial charge is 0.508 e. The van der Waals surface area contributed by atoms with Crippen LogP contribution >= 0.6 is 0 Å². The van der Waals surface area contributed by atoms with Crippen molar-refractivity contribution in [3.63, 3.8) is 0 Å². The number of aromatic hydroxyl groups is 1. The predicted octanol–water partition coefficient (Wildman–Crippen LogP) is 1.92. The third kappa shape index (κ3) is 1.00. The van der Waals surface area contributed by atoms with Crippen LogP contribution in [0.3, 0.4) is 0 Å². The van der Waals surface area contributed by atoms with Gasteiger partial charge in [-0.1, -0.05) is 0 Å². The first-order valence-corrected chi connectivity index (χ1v) is 4.50. The first kappa shape index (κ1) is 6.95. The zero-order valence-electron chi connectivity index (χ0n) is 7.14. The van der Waals surface area contributed by atoms with Crippen molar-refractivity contribution in [3.8, 4) is 5.75 Å². The molecule has 1 saturated carbocycles. The molecule has 2 aromatic heterocycles. The van der Waals surface area contributed by atoms with Crippen LogP contribution in [0, 0.1) is 0 Å². The van der Waals surface area contributed by atoms with Gasteiger partial charge in [0.05, 0.1) is 11.7 Å². The molecule has 0 radical (unpaired) electrons. The molecule has 2 heterocycles. The summed E-state index contributed by atoms with van der Waals surface area (Å²) in [6.45, 7) is 0. The highest BCUT2D eigenvalue weighted by molar-refractivity contribution is 5.50. The summed E-state index contributed by atoms with van der Waals surface area (Å²) in [6, 6.07) is 3.43. The van der Waals surface area contributed by atoms with E-state index in [1.54, 1.807) is 12.1 Å². The fourth-order valence-electron chi connectivity index (χ4n) is 1.65. The molecule has 0 bridgehead atoms. The van der Waals surface area contributed by atoms with E-state index < -0.39 is 0 Å². The van der Waals surface area contributed by atoms with Gasteiger partial charge < -0.3 is 9.51 Å². The Balaban J connectivity index is 2.26. The topological polar surface area (TPSA) is 37.5 Å². The zero-order chi connectivity index (χ0) is 8.84. The molecule has 13 heavy (non-hydrogen) atoms. The van der Waals surface area contributed by atoms with Gasteiger partial charge in [0.15, 0.2) is 0 Å². The van der Waals surface area contributed by atoms with Crippen LogP contribution in [0.1, 0.15) is 24.6 Å². The van der Waals surface area contributed by atoms with Crippen LogP contribution in [-0.4, -0.2) is 14.5 Å². The van der Waals surface area contributed by atoms with Crippen molar-refractivity contribution >= 4 is 5.52 Å². The first-order chi connectivity index (χ1) is 6.34. The van der Waals surface area contributed by atoms with Crippen LogP contribution in [0.15, 0.2) is 24.5 Å². The van der Waals surface area contributed by atoms with Crippen molar-refractivity contribution in [2.24, 2.45) is 0 Å². The Morgan fingerprint density at radius 3 is 3.08 bits per heavy atom. The van der Waals surface area contributed by atoms with Gasteiger partial charge in [0, 0.05) is 18.2 Å². The molecule has 66 valence electrons. The minimum atomic E-state index is 0.301. The van der Waals surface area contributed by atoms with Gasteiger partial charge in [-0.05, 0) is 18.9 Å². The highest BCUT2D eigenvalue weighted by Crippen LogP contribution is 2.39. The summed E-state index contributed by atoms with van der Waals surface area (Å²) in [5.74, 6) is 2.08. The molecule has 3 rings (SSSR count). The van der Waals surface area contributed by atoms with Crippen LogP contribution in [0.5, 0.6) is 5.75 Å². The first-order valence-electron chi connectivity index (χ1n) is 4.50. The monoisotopic (exact) mass is 174 g/mol. The van der Waals surface area contributed by atoms with E-state index in [9.17, 15) is 5.11 Å². The van der Waals surface area contributed by atoms with Crippen LogP contribution < -0.4 is 0 Å². The molecule has 1 aliphatic carbocycles. The van der Waals surface area contributed by atoms with E-state index in [1.807, 2.05) is 12.4 Å². The number of aromatic nitrogens is 2. The van der Waals surface area contributed by atoms with E-state index in [2.05, 4.69) is 9.38 Å². The Bertz CT molecular complexity index is 457. The quantitative estimate of drug-likeness (QED) is 0.717. The Hall–Kier alpha value is -1.51. The number of hydrogen-bond acceptors (Lipinski definition) is 2. The molecule has 0 amide bonds. The van der Waals surface area contributed by atoms with Crippen LogP contribution in [0.4, 0.5) is 0 Å². The fraction of sp³-hybridized carbons (Fsp3) is 0.300. The van der Waals surface area contributed by atoms with Crippen molar-refractivity contribution in [1.82, 2.24) is 9.38 Å². The van der Waals surface area contributed by atoms with Crippen LogP contribution in [0.25, 0.3) is 5.52 Å². The molecule has 1 N–H and O–H groups in total. The SMILES string of the molecule is Oc1ccn2c(C3CC3)ncc2c1. The summed E-state index contributed by atoms with van der Waals surface area (Å²) in [5, 5.41) is 9.25. The summed E-state index contributed by atoms with van der Waals surface area (Å²) >= 11 is 0. The lowest BCUT2D eigenvalue weighted by molar-refractivity contribution is 0.475. The summed E-state index contributed by atoms with van der Waals surface area (Å²) in [7, 11) is 0. The number of hydrogen-bond donors (Lipinski definition) is 1. The van der Waals surface area contributed by atoms with E-state index in [4.69, 9.17) is 0 Å². The molecular formula is C10H10N2O. The van der Waals surface area contributed by atoms with E-state index in [-0.39, 0.29) is 0 Å². The molecule has 0 spiro atoms. The van der Waals surface area contributed by atoms with Crippen LogP contribution in [-0.2, 0) is 0 Å². The lowest BCUT2D eigenvalue weighted by Crippen LogP contribution is -1.90. The summed E-state index contributed by atoms with van der Waals surface area (Å²) in [6.07, 6.45) is 6.19. The lowest BCUT2D eigenvalue weighted by atomic mass is 10.3. The minimum absolute atomic E-state index is 0.301. The molecular weight excluding hydrogens is 164 g/mol. The molecule has 0 aromatic carbocycles. The molecule has 0 saturated heterocycles. The molecule has 0 atom stereocenters. The Morgan fingerprint density at radius 1 is 1.46 bits per heavy atom. The number of fused-ring (bicyclic) bond motifs is 1. The summed E-state index contributed by atoms with van der Waals surface area (Å²) < 4.78 is 2.05. The van der Waals surface area contributed by atoms with E-state index >= 15 is 0 Å². The molecule has 3 nitrogen and oxygen atoms in total. The van der Waals surface area contributed by atoms with Crippen molar-refractivity contribution < 1.29 is 5.11 Å². The van der Waals surface area contributed by atoms with Gasteiger partial charge in [0.1, 0.15) is 11.6 Å². The highest BCUT2D eigenvalue weighted by atomic mass is 16.3. The van der Waals surface area contributed by atoms with Gasteiger partial charge >= 0.3 is 0 Å². The van der Waals surface area contributed by atoms with Gasteiger partial charge in [0.25, 0.3) is 0 Å². The average Bonchev–Trinajstić information content (AvgIpc) is 2.87. The Morgan fingerprint density at radius 2 is 2.31 bits per heavy atom. The molecule has 1 fully saturated rings. The van der Waals surface area contributed by atoms with Crippen molar-refractivity contribution in [2.75, 3.05) is 0 Å². The summed E-state index contributed by atoms with van der Waals surface area (Å²) in [5.41, 5.74) is 0.974. The molecule has 2 aromatic rings. The maximum Gasteiger partial charge on any atom is 0.119 e. The highest BCUT2D eigenvalue weighted by Gasteiger charge is 2.27. The molecule has 0 aliphatic heterocycles. The fourth-order valence-corrected chi connectivity index (χ4v) is 1.65.